The van der Waals surface area contributed by atoms with Gasteiger partial charge in [-0.1, -0.05) is 23.7 Å². The summed E-state index contributed by atoms with van der Waals surface area (Å²) in [7, 11) is -3.98. The second kappa shape index (κ2) is 5.10. The maximum Gasteiger partial charge on any atom is 0.350 e. The Morgan fingerprint density at radius 1 is 1.42 bits per heavy atom. The highest BCUT2D eigenvalue weighted by Gasteiger charge is 2.25. The fourth-order valence-corrected chi connectivity index (χ4v) is 3.02. The van der Waals surface area contributed by atoms with Crippen LogP contribution in [0.1, 0.15) is 6.92 Å². The first-order valence-electron chi connectivity index (χ1n) is 5.41. The Morgan fingerprint density at radius 2 is 2.11 bits per heavy atom. The van der Waals surface area contributed by atoms with Gasteiger partial charge in [0.25, 0.3) is 10.0 Å². The lowest BCUT2D eigenvalue weighted by Gasteiger charge is -2.17. The molecule has 8 heteroatoms. The summed E-state index contributed by atoms with van der Waals surface area (Å²) >= 11 is 5.81. The average molecular weight is 302 g/mol. The highest BCUT2D eigenvalue weighted by atomic mass is 35.5. The molecule has 1 aliphatic heterocycles. The van der Waals surface area contributed by atoms with E-state index in [4.69, 9.17) is 11.6 Å². The van der Waals surface area contributed by atoms with Gasteiger partial charge in [0.2, 0.25) is 0 Å². The summed E-state index contributed by atoms with van der Waals surface area (Å²) in [5.74, 6) is 0. The molecule has 0 unspecified atom stereocenters. The Kier molecular flexibility index (Phi) is 3.68. The van der Waals surface area contributed by atoms with Crippen LogP contribution < -0.4 is 10.1 Å². The number of carbonyl (C=O) groups is 1. The summed E-state index contributed by atoms with van der Waals surface area (Å²) in [5, 5.41) is 1.22. The topological polar surface area (TPSA) is 78.5 Å². The van der Waals surface area contributed by atoms with Crippen molar-refractivity contribution in [3.8, 4) is 0 Å². The number of amides is 2. The zero-order chi connectivity index (χ0) is 14.0. The molecule has 0 radical (unpaired) electrons. The molecule has 1 aromatic rings. The second-order valence-electron chi connectivity index (χ2n) is 4.05. The number of hydrogen-bond donors (Lipinski definition) is 2. The third-order valence-electron chi connectivity index (χ3n) is 2.47. The van der Waals surface area contributed by atoms with E-state index in [1.165, 1.54) is 18.2 Å². The Morgan fingerprint density at radius 3 is 2.68 bits per heavy atom. The summed E-state index contributed by atoms with van der Waals surface area (Å²) in [5.41, 5.74) is 3.58. The highest BCUT2D eigenvalue weighted by Crippen LogP contribution is 2.20. The minimum atomic E-state index is -3.98. The van der Waals surface area contributed by atoms with E-state index < -0.39 is 16.1 Å². The molecule has 0 aromatic heterocycles. The number of nitrogens with one attached hydrogen (secondary N) is 2. The van der Waals surface area contributed by atoms with Crippen LogP contribution >= 0.6 is 11.6 Å². The van der Waals surface area contributed by atoms with Crippen molar-refractivity contribution in [1.82, 2.24) is 15.2 Å². The molecule has 0 saturated heterocycles. The number of nitrogens with zero attached hydrogens (tertiary/aromatic N) is 1. The van der Waals surface area contributed by atoms with Gasteiger partial charge in [0.1, 0.15) is 4.90 Å². The number of benzene rings is 1. The summed E-state index contributed by atoms with van der Waals surface area (Å²) < 4.78 is 26.0. The van der Waals surface area contributed by atoms with Crippen LogP contribution in [0, 0.1) is 0 Å². The lowest BCUT2D eigenvalue weighted by Crippen LogP contribution is -2.46. The molecule has 0 bridgehead atoms. The van der Waals surface area contributed by atoms with E-state index in [1.807, 2.05) is 11.6 Å². The van der Waals surface area contributed by atoms with Crippen molar-refractivity contribution in [1.29, 1.82) is 0 Å². The van der Waals surface area contributed by atoms with Crippen LogP contribution in [-0.2, 0) is 10.0 Å². The molecule has 2 N–H and O–H groups in total. The van der Waals surface area contributed by atoms with E-state index in [2.05, 4.69) is 5.43 Å². The van der Waals surface area contributed by atoms with Gasteiger partial charge in [-0.05, 0) is 24.6 Å². The minimum Gasteiger partial charge on any atom is -0.302 e. The van der Waals surface area contributed by atoms with Gasteiger partial charge in [-0.15, -0.1) is 0 Å². The van der Waals surface area contributed by atoms with Gasteiger partial charge in [-0.3, -0.25) is 0 Å². The number of carbonyl (C=O) groups excluding carboxylic acids is 1. The molecule has 0 atom stereocenters. The Labute approximate surface area is 116 Å². The van der Waals surface area contributed by atoms with Crippen molar-refractivity contribution in [3.63, 3.8) is 0 Å². The van der Waals surface area contributed by atoms with E-state index >= 15 is 0 Å². The summed E-state index contributed by atoms with van der Waals surface area (Å²) in [6, 6.07) is 5.16. The average Bonchev–Trinajstić information content (AvgIpc) is 2.76. The van der Waals surface area contributed by atoms with Crippen LogP contribution in [0.25, 0.3) is 0 Å². The maximum absolute atomic E-state index is 12.0. The molecule has 0 fully saturated rings. The van der Waals surface area contributed by atoms with E-state index in [1.54, 1.807) is 12.3 Å². The lowest BCUT2D eigenvalue weighted by molar-refractivity contribution is 0.200. The van der Waals surface area contributed by atoms with Gasteiger partial charge >= 0.3 is 6.03 Å². The first kappa shape index (κ1) is 13.7. The standard InChI is InChI=1S/C11H12ClN3O3S/c1-8-6-13-15(7-8)11(16)14-19(17,18)10-5-3-2-4-9(10)12/h2-6,13H,7H2,1H3,(H,14,16). The zero-order valence-corrected chi connectivity index (χ0v) is 11.6. The van der Waals surface area contributed by atoms with Crippen LogP contribution in [0.5, 0.6) is 0 Å². The maximum atomic E-state index is 12.0. The van der Waals surface area contributed by atoms with Gasteiger partial charge in [-0.25, -0.2) is 22.9 Å². The van der Waals surface area contributed by atoms with E-state index in [9.17, 15) is 13.2 Å². The Hall–Kier alpha value is -1.73. The van der Waals surface area contributed by atoms with Crippen molar-refractivity contribution in [2.24, 2.45) is 0 Å². The molecular weight excluding hydrogens is 290 g/mol. The normalized spacial score (nSPS) is 14.8. The predicted molar refractivity (Wildman–Crippen MR) is 70.8 cm³/mol. The third kappa shape index (κ3) is 2.99. The van der Waals surface area contributed by atoms with E-state index in [0.29, 0.717) is 6.54 Å². The number of halogens is 1. The molecule has 1 heterocycles. The fraction of sp³-hybridized carbons (Fsp3) is 0.182. The summed E-state index contributed by atoms with van der Waals surface area (Å²) in [6.45, 7) is 2.15. The van der Waals surface area contributed by atoms with Gasteiger partial charge in [-0.2, -0.15) is 0 Å². The van der Waals surface area contributed by atoms with E-state index in [-0.39, 0.29) is 9.92 Å². The fourth-order valence-electron chi connectivity index (χ4n) is 1.55. The zero-order valence-electron chi connectivity index (χ0n) is 10.1. The molecule has 1 aromatic carbocycles. The molecule has 2 amide bonds. The van der Waals surface area contributed by atoms with E-state index in [0.717, 1.165) is 10.6 Å². The van der Waals surface area contributed by atoms with Crippen molar-refractivity contribution < 1.29 is 13.2 Å². The Bertz CT molecular complexity index is 642. The predicted octanol–water partition coefficient (Wildman–Crippen LogP) is 1.46. The molecule has 0 aliphatic carbocycles. The lowest BCUT2D eigenvalue weighted by atomic mass is 10.3. The third-order valence-corrected chi connectivity index (χ3v) is 4.29. The Balaban J connectivity index is 2.15. The summed E-state index contributed by atoms with van der Waals surface area (Å²) in [6.07, 6.45) is 1.63. The van der Waals surface area contributed by atoms with Crippen molar-refractivity contribution in [3.05, 3.63) is 41.1 Å². The smallest absolute Gasteiger partial charge is 0.302 e. The van der Waals surface area contributed by atoms with Crippen LogP contribution in [0.15, 0.2) is 40.9 Å². The quantitative estimate of drug-likeness (QED) is 0.867. The molecule has 2 rings (SSSR count). The van der Waals surface area contributed by atoms with Crippen LogP contribution in [0.2, 0.25) is 5.02 Å². The van der Waals surface area contributed by atoms with Crippen LogP contribution in [0.3, 0.4) is 0 Å². The monoisotopic (exact) mass is 301 g/mol. The molecule has 102 valence electrons. The highest BCUT2D eigenvalue weighted by molar-refractivity contribution is 7.90. The van der Waals surface area contributed by atoms with Crippen LogP contribution in [0.4, 0.5) is 4.79 Å². The molecule has 6 nitrogen and oxygen atoms in total. The van der Waals surface area contributed by atoms with Gasteiger partial charge in [0.15, 0.2) is 0 Å². The van der Waals surface area contributed by atoms with Gasteiger partial charge < -0.3 is 5.43 Å². The summed E-state index contributed by atoms with van der Waals surface area (Å²) in [4.78, 5) is 11.7. The minimum absolute atomic E-state index is 0.0616. The number of urea groups is 1. The van der Waals surface area contributed by atoms with Crippen molar-refractivity contribution in [2.45, 2.75) is 11.8 Å². The molecule has 19 heavy (non-hydrogen) atoms. The number of hydrazine groups is 1. The SMILES string of the molecule is CC1=CNN(C(=O)NS(=O)(=O)c2ccccc2Cl)C1. The molecule has 1 aliphatic rings. The van der Waals surface area contributed by atoms with Crippen molar-refractivity contribution >= 4 is 27.7 Å². The molecule has 0 saturated carbocycles. The van der Waals surface area contributed by atoms with Gasteiger partial charge in [0, 0.05) is 6.20 Å². The van der Waals surface area contributed by atoms with Crippen LogP contribution in [-0.4, -0.2) is 26.0 Å². The first-order chi connectivity index (χ1) is 8.90. The number of rotatable bonds is 2. The van der Waals surface area contributed by atoms with Gasteiger partial charge in [0.05, 0.1) is 11.6 Å². The van der Waals surface area contributed by atoms with Crippen molar-refractivity contribution in [2.75, 3.05) is 6.54 Å². The number of hydrogen-bond acceptors (Lipinski definition) is 4. The second-order valence-corrected chi connectivity index (χ2v) is 6.11. The molecule has 0 spiro atoms. The first-order valence-corrected chi connectivity index (χ1v) is 7.27. The number of sulfonamides is 1. The largest absolute Gasteiger partial charge is 0.350 e. The molecular formula is C11H12ClN3O3S.